The van der Waals surface area contributed by atoms with E-state index in [9.17, 15) is 4.79 Å². The molecule has 0 rings (SSSR count). The van der Waals surface area contributed by atoms with E-state index in [1.54, 1.807) is 6.92 Å². The number of rotatable bonds is 13. The van der Waals surface area contributed by atoms with Crippen LogP contribution in [0.2, 0.25) is 45.8 Å². The van der Waals surface area contributed by atoms with E-state index in [4.69, 9.17) is 22.4 Å². The molecule has 0 N–H and O–H groups in total. The first kappa shape index (κ1) is 24.7. The first-order chi connectivity index (χ1) is 11.2. The van der Waals surface area contributed by atoms with Crippen LogP contribution in [0.4, 0.5) is 0 Å². The SMILES string of the molecule is C=C(C)C(=O)OCCOCCOC[Si](C)(O[Si](C)(C)C)O[Si](C)(C)C. The van der Waals surface area contributed by atoms with Gasteiger partial charge in [0.1, 0.15) is 6.61 Å². The van der Waals surface area contributed by atoms with Crippen molar-refractivity contribution in [3.05, 3.63) is 12.2 Å². The monoisotopic (exact) mass is 408 g/mol. The molecule has 0 aromatic heterocycles. The van der Waals surface area contributed by atoms with E-state index >= 15 is 0 Å². The second-order valence-corrected chi connectivity index (χ2v) is 20.8. The van der Waals surface area contributed by atoms with Gasteiger partial charge >= 0.3 is 14.5 Å². The van der Waals surface area contributed by atoms with Crippen LogP contribution in [0.15, 0.2) is 12.2 Å². The molecule has 0 atom stereocenters. The molecule has 0 aromatic carbocycles. The summed E-state index contributed by atoms with van der Waals surface area (Å²) >= 11 is 0. The van der Waals surface area contributed by atoms with Crippen molar-refractivity contribution < 1.29 is 27.2 Å². The summed E-state index contributed by atoms with van der Waals surface area (Å²) in [5.74, 6) is -0.395. The van der Waals surface area contributed by atoms with Gasteiger partial charge in [0, 0.05) is 5.57 Å². The molecular formula is C16H36O6Si3. The van der Waals surface area contributed by atoms with Crippen LogP contribution in [-0.4, -0.2) is 63.8 Å². The second kappa shape index (κ2) is 10.8. The van der Waals surface area contributed by atoms with Crippen molar-refractivity contribution in [3.63, 3.8) is 0 Å². The number of hydrogen-bond acceptors (Lipinski definition) is 6. The van der Waals surface area contributed by atoms with Gasteiger partial charge in [-0.2, -0.15) is 0 Å². The molecule has 6 nitrogen and oxygen atoms in total. The molecule has 0 amide bonds. The zero-order chi connectivity index (χ0) is 19.7. The molecular weight excluding hydrogens is 372 g/mol. The van der Waals surface area contributed by atoms with Gasteiger partial charge in [-0.15, -0.1) is 0 Å². The topological polar surface area (TPSA) is 63.2 Å². The third-order valence-electron chi connectivity index (χ3n) is 2.59. The maximum Gasteiger partial charge on any atom is 0.341 e. The number of hydrogen-bond donors (Lipinski definition) is 0. The minimum absolute atomic E-state index is 0.218. The Kier molecular flexibility index (Phi) is 10.6. The van der Waals surface area contributed by atoms with E-state index in [0.29, 0.717) is 31.6 Å². The molecule has 0 aliphatic carbocycles. The zero-order valence-corrected chi connectivity index (χ0v) is 20.2. The van der Waals surface area contributed by atoms with Gasteiger partial charge < -0.3 is 22.4 Å². The van der Waals surface area contributed by atoms with E-state index in [1.807, 2.05) is 0 Å². The molecule has 0 bridgehead atoms. The lowest BCUT2D eigenvalue weighted by Gasteiger charge is -2.38. The maximum atomic E-state index is 11.2. The van der Waals surface area contributed by atoms with Gasteiger partial charge in [0.2, 0.25) is 0 Å². The molecule has 0 aliphatic rings. The van der Waals surface area contributed by atoms with Crippen LogP contribution in [0.1, 0.15) is 6.92 Å². The van der Waals surface area contributed by atoms with Crippen LogP contribution in [-0.2, 0) is 27.2 Å². The fourth-order valence-corrected chi connectivity index (χ4v) is 14.1. The van der Waals surface area contributed by atoms with Gasteiger partial charge in [0.15, 0.2) is 16.6 Å². The Bertz CT molecular complexity index is 413. The van der Waals surface area contributed by atoms with Gasteiger partial charge in [0.05, 0.1) is 26.1 Å². The molecule has 0 unspecified atom stereocenters. The Morgan fingerprint density at radius 3 is 1.68 bits per heavy atom. The van der Waals surface area contributed by atoms with E-state index < -0.39 is 31.2 Å². The summed E-state index contributed by atoms with van der Waals surface area (Å²) in [7, 11) is -5.77. The Balaban J connectivity index is 4.10. The lowest BCUT2D eigenvalue weighted by molar-refractivity contribution is -0.140. The summed E-state index contributed by atoms with van der Waals surface area (Å²) in [6.07, 6.45) is 0.496. The lowest BCUT2D eigenvalue weighted by atomic mass is 10.4. The van der Waals surface area contributed by atoms with Crippen LogP contribution < -0.4 is 0 Å². The molecule has 148 valence electrons. The minimum Gasteiger partial charge on any atom is -0.460 e. The van der Waals surface area contributed by atoms with Gasteiger partial charge in [-0.25, -0.2) is 4.79 Å². The van der Waals surface area contributed by atoms with E-state index in [1.165, 1.54) is 0 Å². The van der Waals surface area contributed by atoms with Gasteiger partial charge in [-0.05, 0) is 52.8 Å². The van der Waals surface area contributed by atoms with Gasteiger partial charge in [-0.1, -0.05) is 6.58 Å². The average Bonchev–Trinajstić information content (AvgIpc) is 2.36. The third kappa shape index (κ3) is 14.5. The highest BCUT2D eigenvalue weighted by Gasteiger charge is 2.40. The highest BCUT2D eigenvalue weighted by Crippen LogP contribution is 2.20. The molecule has 0 fully saturated rings. The Labute approximate surface area is 156 Å². The van der Waals surface area contributed by atoms with Gasteiger partial charge in [0.25, 0.3) is 0 Å². The minimum atomic E-state index is -2.36. The summed E-state index contributed by atoms with van der Waals surface area (Å²) in [6.45, 7) is 21.7. The molecule has 0 saturated carbocycles. The highest BCUT2D eigenvalue weighted by atomic mass is 28.5. The molecule has 0 spiro atoms. The highest BCUT2D eigenvalue weighted by molar-refractivity contribution is 6.87. The molecule has 0 aliphatic heterocycles. The average molecular weight is 409 g/mol. The molecule has 0 saturated heterocycles. The summed E-state index contributed by atoms with van der Waals surface area (Å²) in [5, 5.41) is 0. The quantitative estimate of drug-likeness (QED) is 0.201. The van der Waals surface area contributed by atoms with Crippen molar-refractivity contribution in [2.75, 3.05) is 32.7 Å². The van der Waals surface area contributed by atoms with Crippen LogP contribution in [0.3, 0.4) is 0 Å². The van der Waals surface area contributed by atoms with Crippen molar-refractivity contribution in [2.24, 2.45) is 0 Å². The number of carbonyl (C=O) groups is 1. The summed E-state index contributed by atoms with van der Waals surface area (Å²) in [4.78, 5) is 11.2. The van der Waals surface area contributed by atoms with Crippen LogP contribution in [0.25, 0.3) is 0 Å². The molecule has 0 heterocycles. The Hall–Kier alpha value is -0.299. The predicted octanol–water partition coefficient (Wildman–Crippen LogP) is 3.45. The van der Waals surface area contributed by atoms with E-state index in [0.717, 1.165) is 0 Å². The standard InChI is InChI=1S/C16H36O6Si3/c1-15(2)16(17)20-13-12-18-10-11-19-14-25(9,21-23(3,4)5)22-24(6,7)8/h1,10-14H2,2-9H3. The Morgan fingerprint density at radius 2 is 1.24 bits per heavy atom. The van der Waals surface area contributed by atoms with Crippen molar-refractivity contribution in [3.8, 4) is 0 Å². The molecule has 25 heavy (non-hydrogen) atoms. The van der Waals surface area contributed by atoms with Crippen LogP contribution >= 0.6 is 0 Å². The van der Waals surface area contributed by atoms with Crippen molar-refractivity contribution in [1.29, 1.82) is 0 Å². The second-order valence-electron chi connectivity index (χ2n) is 8.14. The Morgan fingerprint density at radius 1 is 0.800 bits per heavy atom. The van der Waals surface area contributed by atoms with E-state index in [-0.39, 0.29) is 6.61 Å². The smallest absolute Gasteiger partial charge is 0.341 e. The number of carbonyl (C=O) groups excluding carboxylic acids is 1. The van der Waals surface area contributed by atoms with Crippen LogP contribution in [0, 0.1) is 0 Å². The first-order valence-corrected chi connectivity index (χ1v) is 18.0. The summed E-state index contributed by atoms with van der Waals surface area (Å²) < 4.78 is 28.8. The van der Waals surface area contributed by atoms with Crippen molar-refractivity contribution in [1.82, 2.24) is 0 Å². The number of esters is 1. The lowest BCUT2D eigenvalue weighted by Crippen LogP contribution is -2.56. The largest absolute Gasteiger partial charge is 0.460 e. The number of ether oxygens (including phenoxy) is 3. The maximum absolute atomic E-state index is 11.2. The molecule has 0 radical (unpaired) electrons. The molecule has 0 aromatic rings. The summed E-state index contributed by atoms with van der Waals surface area (Å²) in [6, 6.07) is 0. The molecule has 9 heteroatoms. The van der Waals surface area contributed by atoms with Crippen molar-refractivity contribution >= 4 is 31.2 Å². The normalized spacial score (nSPS) is 13.0. The van der Waals surface area contributed by atoms with Crippen molar-refractivity contribution in [2.45, 2.75) is 52.8 Å². The van der Waals surface area contributed by atoms with Crippen LogP contribution in [0.5, 0.6) is 0 Å². The first-order valence-electron chi connectivity index (χ1n) is 8.63. The fraction of sp³-hybridized carbons (Fsp3) is 0.812. The zero-order valence-electron chi connectivity index (χ0n) is 17.2. The van der Waals surface area contributed by atoms with E-state index in [2.05, 4.69) is 52.4 Å². The predicted molar refractivity (Wildman–Crippen MR) is 108 cm³/mol. The third-order valence-corrected chi connectivity index (χ3v) is 11.7. The van der Waals surface area contributed by atoms with Gasteiger partial charge in [-0.3, -0.25) is 0 Å². The summed E-state index contributed by atoms with van der Waals surface area (Å²) in [5.41, 5.74) is 0.386. The fourth-order valence-electron chi connectivity index (χ4n) is 2.17.